The van der Waals surface area contributed by atoms with Crippen LogP contribution in [-0.2, 0) is 11.2 Å². The molecule has 0 heterocycles. The first kappa shape index (κ1) is 14.5. The molecule has 0 aliphatic heterocycles. The number of hydrogen-bond acceptors (Lipinski definition) is 2. The second kappa shape index (κ2) is 6.97. The summed E-state index contributed by atoms with van der Waals surface area (Å²) in [6, 6.07) is 10.0. The summed E-state index contributed by atoms with van der Waals surface area (Å²) in [5.74, 6) is -0.285. The monoisotopic (exact) mass is 247 g/mol. The fraction of sp³-hybridized carbons (Fsp3) is 0.400. The number of nitrogens with two attached hydrogens (primary N) is 1. The van der Waals surface area contributed by atoms with E-state index in [1.807, 2.05) is 37.3 Å². The van der Waals surface area contributed by atoms with Gasteiger partial charge in [-0.2, -0.15) is 0 Å². The molecule has 1 aromatic rings. The summed E-state index contributed by atoms with van der Waals surface area (Å²) < 4.78 is 0. The van der Waals surface area contributed by atoms with E-state index in [2.05, 4.69) is 6.58 Å². The third kappa shape index (κ3) is 4.72. The second-order valence-corrected chi connectivity index (χ2v) is 4.74. The molecule has 0 unspecified atom stereocenters. The lowest BCUT2D eigenvalue weighted by Gasteiger charge is -2.21. The average molecular weight is 247 g/mol. The molecule has 0 aromatic heterocycles. The van der Waals surface area contributed by atoms with Crippen LogP contribution >= 0.6 is 0 Å². The molecule has 3 heteroatoms. The highest BCUT2D eigenvalue weighted by atomic mass is 16.3. The van der Waals surface area contributed by atoms with Crippen LogP contribution in [0.3, 0.4) is 0 Å². The topological polar surface area (TPSA) is 63.3 Å². The maximum atomic E-state index is 10.7. The van der Waals surface area contributed by atoms with Gasteiger partial charge in [0.15, 0.2) is 0 Å². The molecule has 2 atom stereocenters. The smallest absolute Gasteiger partial charge is 0.217 e. The van der Waals surface area contributed by atoms with Crippen molar-refractivity contribution in [1.82, 2.24) is 0 Å². The minimum absolute atomic E-state index is 0.0766. The molecule has 0 bridgehead atoms. The molecular weight excluding hydrogens is 226 g/mol. The van der Waals surface area contributed by atoms with E-state index in [1.165, 1.54) is 5.56 Å². The lowest BCUT2D eigenvalue weighted by atomic mass is 9.90. The van der Waals surface area contributed by atoms with E-state index in [1.54, 1.807) is 0 Å². The lowest BCUT2D eigenvalue weighted by Crippen LogP contribution is -2.23. The van der Waals surface area contributed by atoms with Crippen LogP contribution in [0.25, 0.3) is 0 Å². The minimum Gasteiger partial charge on any atom is -0.388 e. The molecule has 18 heavy (non-hydrogen) atoms. The van der Waals surface area contributed by atoms with Gasteiger partial charge in [0.2, 0.25) is 5.91 Å². The maximum Gasteiger partial charge on any atom is 0.217 e. The van der Waals surface area contributed by atoms with Gasteiger partial charge >= 0.3 is 0 Å². The van der Waals surface area contributed by atoms with Crippen molar-refractivity contribution in [3.05, 3.63) is 48.0 Å². The van der Waals surface area contributed by atoms with Crippen LogP contribution in [0.1, 0.15) is 25.3 Å². The minimum atomic E-state index is -0.593. The van der Waals surface area contributed by atoms with Crippen molar-refractivity contribution in [3.63, 3.8) is 0 Å². The Morgan fingerprint density at radius 1 is 1.33 bits per heavy atom. The highest BCUT2D eigenvalue weighted by Crippen LogP contribution is 2.19. The molecule has 0 saturated carbocycles. The predicted octanol–water partition coefficient (Wildman–Crippen LogP) is 2.05. The number of hydrogen-bond donors (Lipinski definition) is 2. The quantitative estimate of drug-likeness (QED) is 0.724. The molecule has 98 valence electrons. The number of rotatable bonds is 7. The Bertz CT molecular complexity index is 400. The lowest BCUT2D eigenvalue weighted by molar-refractivity contribution is -0.118. The van der Waals surface area contributed by atoms with Gasteiger partial charge in [0.05, 0.1) is 6.10 Å². The SMILES string of the molecule is C=C(CCC(N)=O)[C@@H](O)[C@H](C)Cc1ccccc1. The number of aliphatic hydroxyl groups excluding tert-OH is 1. The summed E-state index contributed by atoms with van der Waals surface area (Å²) in [7, 11) is 0. The molecule has 3 nitrogen and oxygen atoms in total. The molecule has 0 radical (unpaired) electrons. The number of carbonyl (C=O) groups is 1. The molecule has 0 aliphatic carbocycles. The number of amides is 1. The predicted molar refractivity (Wildman–Crippen MR) is 72.9 cm³/mol. The van der Waals surface area contributed by atoms with Gasteiger partial charge < -0.3 is 10.8 Å². The summed E-state index contributed by atoms with van der Waals surface area (Å²) in [5.41, 5.74) is 6.94. The summed E-state index contributed by atoms with van der Waals surface area (Å²) in [4.78, 5) is 10.7. The van der Waals surface area contributed by atoms with E-state index >= 15 is 0 Å². The highest BCUT2D eigenvalue weighted by molar-refractivity contribution is 5.73. The number of primary amides is 1. The molecule has 3 N–H and O–H groups in total. The molecule has 0 aliphatic rings. The Kier molecular flexibility index (Phi) is 5.59. The largest absolute Gasteiger partial charge is 0.388 e. The highest BCUT2D eigenvalue weighted by Gasteiger charge is 2.18. The van der Waals surface area contributed by atoms with Gasteiger partial charge in [-0.15, -0.1) is 0 Å². The average Bonchev–Trinajstić information content (AvgIpc) is 2.36. The van der Waals surface area contributed by atoms with Gasteiger partial charge in [-0.1, -0.05) is 43.8 Å². The van der Waals surface area contributed by atoms with Crippen molar-refractivity contribution in [2.75, 3.05) is 0 Å². The standard InChI is InChI=1S/C15H21NO2/c1-11(8-9-14(16)17)15(18)12(2)10-13-6-4-3-5-7-13/h3-7,12,15,18H,1,8-10H2,2H3,(H2,16,17)/t12-,15-/m1/s1. The zero-order valence-corrected chi connectivity index (χ0v) is 10.8. The van der Waals surface area contributed by atoms with E-state index in [0.29, 0.717) is 12.0 Å². The van der Waals surface area contributed by atoms with E-state index in [0.717, 1.165) is 6.42 Å². The zero-order valence-electron chi connectivity index (χ0n) is 10.8. The van der Waals surface area contributed by atoms with Crippen LogP contribution in [0.5, 0.6) is 0 Å². The van der Waals surface area contributed by atoms with Crippen LogP contribution < -0.4 is 5.73 Å². The van der Waals surface area contributed by atoms with Crippen LogP contribution in [-0.4, -0.2) is 17.1 Å². The first-order valence-corrected chi connectivity index (χ1v) is 6.18. The van der Waals surface area contributed by atoms with Crippen LogP contribution in [0.2, 0.25) is 0 Å². The number of aliphatic hydroxyl groups is 1. The first-order valence-electron chi connectivity index (χ1n) is 6.18. The third-order valence-corrected chi connectivity index (χ3v) is 3.05. The van der Waals surface area contributed by atoms with Crippen molar-refractivity contribution in [1.29, 1.82) is 0 Å². The van der Waals surface area contributed by atoms with E-state index in [9.17, 15) is 9.90 Å². The van der Waals surface area contributed by atoms with Crippen molar-refractivity contribution in [2.45, 2.75) is 32.3 Å². The Morgan fingerprint density at radius 3 is 2.50 bits per heavy atom. The van der Waals surface area contributed by atoms with Gasteiger partial charge in [0, 0.05) is 6.42 Å². The van der Waals surface area contributed by atoms with E-state index in [-0.39, 0.29) is 18.2 Å². The summed E-state index contributed by atoms with van der Waals surface area (Å²) in [6.45, 7) is 5.81. The summed E-state index contributed by atoms with van der Waals surface area (Å²) in [5, 5.41) is 10.1. The zero-order chi connectivity index (χ0) is 13.5. The van der Waals surface area contributed by atoms with Crippen molar-refractivity contribution in [3.8, 4) is 0 Å². The molecule has 1 rings (SSSR count). The molecule has 0 spiro atoms. The third-order valence-electron chi connectivity index (χ3n) is 3.05. The van der Waals surface area contributed by atoms with Gasteiger partial charge in [0.25, 0.3) is 0 Å². The molecule has 0 saturated heterocycles. The fourth-order valence-corrected chi connectivity index (χ4v) is 1.93. The van der Waals surface area contributed by atoms with Crippen LogP contribution in [0, 0.1) is 5.92 Å². The Hall–Kier alpha value is -1.61. The normalized spacial score (nSPS) is 13.9. The van der Waals surface area contributed by atoms with Crippen molar-refractivity contribution < 1.29 is 9.90 Å². The summed E-state index contributed by atoms with van der Waals surface area (Å²) in [6.07, 6.45) is 0.894. The Balaban J connectivity index is 2.48. The Morgan fingerprint density at radius 2 is 1.94 bits per heavy atom. The van der Waals surface area contributed by atoms with Crippen LogP contribution in [0.4, 0.5) is 0 Å². The fourth-order valence-electron chi connectivity index (χ4n) is 1.93. The van der Waals surface area contributed by atoms with Gasteiger partial charge in [-0.3, -0.25) is 4.79 Å². The maximum absolute atomic E-state index is 10.7. The Labute approximate surface area is 108 Å². The first-order chi connectivity index (χ1) is 8.50. The van der Waals surface area contributed by atoms with Crippen molar-refractivity contribution >= 4 is 5.91 Å². The van der Waals surface area contributed by atoms with Gasteiger partial charge in [-0.25, -0.2) is 0 Å². The van der Waals surface area contributed by atoms with E-state index in [4.69, 9.17) is 5.73 Å². The second-order valence-electron chi connectivity index (χ2n) is 4.74. The molecule has 0 fully saturated rings. The van der Waals surface area contributed by atoms with Gasteiger partial charge in [-0.05, 0) is 29.9 Å². The molecule has 1 aromatic carbocycles. The molecular formula is C15H21NO2. The van der Waals surface area contributed by atoms with Crippen LogP contribution in [0.15, 0.2) is 42.5 Å². The summed E-state index contributed by atoms with van der Waals surface area (Å²) >= 11 is 0. The number of benzene rings is 1. The van der Waals surface area contributed by atoms with Crippen molar-refractivity contribution in [2.24, 2.45) is 11.7 Å². The van der Waals surface area contributed by atoms with E-state index < -0.39 is 6.10 Å². The van der Waals surface area contributed by atoms with Gasteiger partial charge in [0.1, 0.15) is 0 Å². The number of carbonyl (C=O) groups excluding carboxylic acids is 1. The molecule has 1 amide bonds.